The number of hydrogen-bond donors (Lipinski definition) is 1. The molecular formula is C16H24N2O2S. The molecule has 0 saturated carbocycles. The molecule has 4 nitrogen and oxygen atoms in total. The molecule has 2 N–H and O–H groups in total. The molecular weight excluding hydrogens is 284 g/mol. The lowest BCUT2D eigenvalue weighted by atomic mass is 10.1. The third kappa shape index (κ3) is 4.46. The average molecular weight is 308 g/mol. The largest absolute Gasteiger partial charge is 0.383 e. The first-order valence-corrected chi connectivity index (χ1v) is 8.58. The van der Waals surface area contributed by atoms with Crippen LogP contribution in [0.4, 0.5) is 0 Å². The van der Waals surface area contributed by atoms with Gasteiger partial charge < -0.3 is 15.4 Å². The van der Waals surface area contributed by atoms with Crippen LogP contribution >= 0.6 is 11.8 Å². The third-order valence-corrected chi connectivity index (χ3v) is 4.92. The van der Waals surface area contributed by atoms with Crippen molar-refractivity contribution in [3.8, 4) is 0 Å². The van der Waals surface area contributed by atoms with Crippen LogP contribution in [0.3, 0.4) is 0 Å². The number of amides is 1. The number of ether oxygens (including phenoxy) is 1. The molecule has 0 radical (unpaired) electrons. The second-order valence-corrected chi connectivity index (χ2v) is 6.39. The third-order valence-electron chi connectivity index (χ3n) is 3.78. The Hall–Kier alpha value is -1.04. The van der Waals surface area contributed by atoms with Gasteiger partial charge in [-0.2, -0.15) is 11.8 Å². The highest BCUT2D eigenvalue weighted by atomic mass is 32.2. The molecule has 1 unspecified atom stereocenters. The lowest BCUT2D eigenvalue weighted by Crippen LogP contribution is -2.42. The van der Waals surface area contributed by atoms with E-state index in [4.69, 9.17) is 10.5 Å². The molecule has 1 amide bonds. The van der Waals surface area contributed by atoms with E-state index < -0.39 is 0 Å². The lowest BCUT2D eigenvalue weighted by Gasteiger charge is -2.28. The van der Waals surface area contributed by atoms with E-state index >= 15 is 0 Å². The van der Waals surface area contributed by atoms with E-state index in [0.29, 0.717) is 25.7 Å². The number of nitrogens with zero attached hydrogens (tertiary/aromatic N) is 1. The molecule has 1 aromatic rings. The summed E-state index contributed by atoms with van der Waals surface area (Å²) in [4.78, 5) is 14.7. The molecule has 0 aliphatic carbocycles. The fourth-order valence-corrected chi connectivity index (χ4v) is 3.78. The van der Waals surface area contributed by atoms with Gasteiger partial charge in [-0.05, 0) is 42.8 Å². The first kappa shape index (κ1) is 16.3. The van der Waals surface area contributed by atoms with Crippen molar-refractivity contribution in [1.29, 1.82) is 0 Å². The smallest absolute Gasteiger partial charge is 0.254 e. The minimum absolute atomic E-state index is 0.110. The number of rotatable bonds is 7. The quantitative estimate of drug-likeness (QED) is 0.834. The van der Waals surface area contributed by atoms with Crippen molar-refractivity contribution in [3.05, 3.63) is 35.4 Å². The van der Waals surface area contributed by atoms with E-state index in [1.165, 1.54) is 5.56 Å². The van der Waals surface area contributed by atoms with Crippen LogP contribution in [0.1, 0.15) is 22.3 Å². The summed E-state index contributed by atoms with van der Waals surface area (Å²) >= 11 is 1.92. The van der Waals surface area contributed by atoms with E-state index in [9.17, 15) is 4.79 Å². The van der Waals surface area contributed by atoms with Gasteiger partial charge in [0, 0.05) is 31.0 Å². The first-order chi connectivity index (χ1) is 10.3. The summed E-state index contributed by atoms with van der Waals surface area (Å²) in [5, 5.41) is 0. The Labute approximate surface area is 131 Å². The molecule has 21 heavy (non-hydrogen) atoms. The van der Waals surface area contributed by atoms with Crippen LogP contribution in [0.25, 0.3) is 0 Å². The Morgan fingerprint density at radius 1 is 1.43 bits per heavy atom. The number of hydrogen-bond acceptors (Lipinski definition) is 4. The van der Waals surface area contributed by atoms with Crippen molar-refractivity contribution in [2.75, 3.05) is 38.3 Å². The number of carbonyl (C=O) groups excluding carboxylic acids is 1. The number of nitrogens with two attached hydrogens (primary N) is 1. The Bertz CT molecular complexity index is 444. The summed E-state index contributed by atoms with van der Waals surface area (Å²) in [5.41, 5.74) is 7.48. The van der Waals surface area contributed by atoms with Gasteiger partial charge in [0.25, 0.3) is 5.91 Å². The maximum atomic E-state index is 12.7. The van der Waals surface area contributed by atoms with Crippen LogP contribution in [0.15, 0.2) is 24.3 Å². The highest BCUT2D eigenvalue weighted by Gasteiger charge is 2.27. The molecule has 2 rings (SSSR count). The van der Waals surface area contributed by atoms with Crippen LogP contribution in [0, 0.1) is 0 Å². The van der Waals surface area contributed by atoms with Crippen molar-refractivity contribution in [2.24, 2.45) is 5.73 Å². The molecule has 1 aliphatic rings. The maximum Gasteiger partial charge on any atom is 0.254 e. The number of thioether (sulfide) groups is 1. The Morgan fingerprint density at radius 3 is 2.76 bits per heavy atom. The molecule has 1 atom stereocenters. The Morgan fingerprint density at radius 2 is 2.19 bits per heavy atom. The van der Waals surface area contributed by atoms with Gasteiger partial charge in [0.1, 0.15) is 0 Å². The van der Waals surface area contributed by atoms with Gasteiger partial charge in [-0.3, -0.25) is 4.79 Å². The van der Waals surface area contributed by atoms with Crippen LogP contribution in [0.2, 0.25) is 0 Å². The summed E-state index contributed by atoms with van der Waals surface area (Å²) in [6, 6.07) is 8.15. The normalized spacial score (nSPS) is 17.9. The zero-order chi connectivity index (χ0) is 15.1. The van der Waals surface area contributed by atoms with Crippen molar-refractivity contribution >= 4 is 17.7 Å². The minimum atomic E-state index is 0.110. The van der Waals surface area contributed by atoms with E-state index in [1.54, 1.807) is 7.11 Å². The second-order valence-electron chi connectivity index (χ2n) is 5.24. The van der Waals surface area contributed by atoms with Gasteiger partial charge in [0.2, 0.25) is 0 Å². The summed E-state index contributed by atoms with van der Waals surface area (Å²) in [7, 11) is 1.67. The summed E-state index contributed by atoms with van der Waals surface area (Å²) in [5.74, 6) is 2.27. The van der Waals surface area contributed by atoms with Crippen LogP contribution in [0.5, 0.6) is 0 Å². The fourth-order valence-electron chi connectivity index (χ4n) is 2.55. The standard InChI is InChI=1S/C16H24N2O2S/c1-20-10-9-18(15-7-11-21-12-15)16(19)14-4-2-13(3-5-14)6-8-17/h2-5,15H,6-12,17H2,1H3. The number of methoxy groups -OCH3 is 1. The highest BCUT2D eigenvalue weighted by Crippen LogP contribution is 2.23. The second kappa shape index (κ2) is 8.41. The molecule has 1 heterocycles. The monoisotopic (exact) mass is 308 g/mol. The predicted molar refractivity (Wildman–Crippen MR) is 87.8 cm³/mol. The van der Waals surface area contributed by atoms with Gasteiger partial charge in [-0.25, -0.2) is 0 Å². The van der Waals surface area contributed by atoms with E-state index in [0.717, 1.165) is 29.9 Å². The molecule has 0 bridgehead atoms. The zero-order valence-electron chi connectivity index (χ0n) is 12.6. The Kier molecular flexibility index (Phi) is 6.54. The van der Waals surface area contributed by atoms with Gasteiger partial charge in [0.15, 0.2) is 0 Å². The summed E-state index contributed by atoms with van der Waals surface area (Å²) in [6.45, 7) is 1.87. The SMILES string of the molecule is COCCN(C(=O)c1ccc(CCN)cc1)C1CCSC1. The average Bonchev–Trinajstić information content (AvgIpc) is 3.03. The lowest BCUT2D eigenvalue weighted by molar-refractivity contribution is 0.0624. The van der Waals surface area contributed by atoms with Crippen molar-refractivity contribution in [1.82, 2.24) is 4.90 Å². The van der Waals surface area contributed by atoms with E-state index in [2.05, 4.69) is 0 Å². The maximum absolute atomic E-state index is 12.7. The van der Waals surface area contributed by atoms with Gasteiger partial charge in [0.05, 0.1) is 6.61 Å². The summed E-state index contributed by atoms with van der Waals surface area (Å²) < 4.78 is 5.15. The zero-order valence-corrected chi connectivity index (χ0v) is 13.4. The first-order valence-electron chi connectivity index (χ1n) is 7.43. The predicted octanol–water partition coefficient (Wildman–Crippen LogP) is 1.78. The van der Waals surface area contributed by atoms with Gasteiger partial charge >= 0.3 is 0 Å². The molecule has 0 spiro atoms. The van der Waals surface area contributed by atoms with Crippen molar-refractivity contribution < 1.29 is 9.53 Å². The van der Waals surface area contributed by atoms with Gasteiger partial charge in [-0.1, -0.05) is 12.1 Å². The summed E-state index contributed by atoms with van der Waals surface area (Å²) in [6.07, 6.45) is 1.92. The minimum Gasteiger partial charge on any atom is -0.383 e. The molecule has 1 aromatic carbocycles. The molecule has 0 aromatic heterocycles. The molecule has 116 valence electrons. The van der Waals surface area contributed by atoms with Gasteiger partial charge in [-0.15, -0.1) is 0 Å². The molecule has 1 fully saturated rings. The topological polar surface area (TPSA) is 55.6 Å². The van der Waals surface area contributed by atoms with Crippen molar-refractivity contribution in [3.63, 3.8) is 0 Å². The van der Waals surface area contributed by atoms with Crippen molar-refractivity contribution in [2.45, 2.75) is 18.9 Å². The number of benzene rings is 1. The number of carbonyl (C=O) groups is 1. The van der Waals surface area contributed by atoms with Crippen LogP contribution in [-0.2, 0) is 11.2 Å². The van der Waals surface area contributed by atoms with E-state index in [-0.39, 0.29) is 5.91 Å². The van der Waals surface area contributed by atoms with Crippen LogP contribution in [-0.4, -0.2) is 55.2 Å². The highest BCUT2D eigenvalue weighted by molar-refractivity contribution is 7.99. The molecule has 5 heteroatoms. The molecule has 1 aliphatic heterocycles. The van der Waals surface area contributed by atoms with E-state index in [1.807, 2.05) is 40.9 Å². The Balaban J connectivity index is 2.08. The fraction of sp³-hybridized carbons (Fsp3) is 0.562. The van der Waals surface area contributed by atoms with Crippen LogP contribution < -0.4 is 5.73 Å². The molecule has 1 saturated heterocycles.